The highest BCUT2D eigenvalue weighted by atomic mass is 32.2. The van der Waals surface area contributed by atoms with E-state index in [0.29, 0.717) is 13.2 Å². The van der Waals surface area contributed by atoms with Crippen molar-refractivity contribution in [2.45, 2.75) is 6.10 Å². The van der Waals surface area contributed by atoms with E-state index in [0.717, 1.165) is 0 Å². The summed E-state index contributed by atoms with van der Waals surface area (Å²) < 4.78 is 19.4. The van der Waals surface area contributed by atoms with Gasteiger partial charge in [-0.25, -0.2) is 0 Å². The van der Waals surface area contributed by atoms with Gasteiger partial charge in [0.25, 0.3) is 0 Å². The van der Waals surface area contributed by atoms with Gasteiger partial charge in [-0.1, -0.05) is 0 Å². The summed E-state index contributed by atoms with van der Waals surface area (Å²) >= 11 is -1.53. The zero-order chi connectivity index (χ0) is 5.98. The second-order valence-corrected chi connectivity index (χ2v) is 2.28. The van der Waals surface area contributed by atoms with Crippen LogP contribution < -0.4 is 5.73 Å². The molecular weight excluding hydrogens is 130 g/mol. The molecular formula is C3H7NO3S. The van der Waals surface area contributed by atoms with Crippen molar-refractivity contribution in [2.24, 2.45) is 5.73 Å². The summed E-state index contributed by atoms with van der Waals surface area (Å²) in [7, 11) is 0. The van der Waals surface area contributed by atoms with Crippen LogP contribution in [0.4, 0.5) is 0 Å². The van der Waals surface area contributed by atoms with Crippen LogP contribution in [0.25, 0.3) is 0 Å². The summed E-state index contributed by atoms with van der Waals surface area (Å²) in [6.07, 6.45) is -0.171. The Balaban J connectivity index is 2.32. The van der Waals surface area contributed by atoms with Gasteiger partial charge in [-0.2, -0.15) is 4.21 Å². The fourth-order valence-corrected chi connectivity index (χ4v) is 1.08. The standard InChI is InChI=1S/C3H7NO3S/c4-1-3-2-6-8(5)7-3/h3H,1-2,4H2. The lowest BCUT2D eigenvalue weighted by atomic mass is 10.4. The molecule has 2 N–H and O–H groups in total. The molecule has 0 amide bonds. The minimum absolute atomic E-state index is 0.171. The predicted molar refractivity (Wildman–Crippen MR) is 28.0 cm³/mol. The van der Waals surface area contributed by atoms with Crippen LogP contribution in [0.1, 0.15) is 0 Å². The second kappa shape index (κ2) is 2.54. The van der Waals surface area contributed by atoms with Crippen molar-refractivity contribution in [3.63, 3.8) is 0 Å². The Hall–Kier alpha value is 0.0300. The number of hydrogen-bond donors (Lipinski definition) is 1. The first kappa shape index (κ1) is 6.15. The highest BCUT2D eigenvalue weighted by Gasteiger charge is 2.20. The van der Waals surface area contributed by atoms with E-state index in [-0.39, 0.29) is 6.10 Å². The number of nitrogens with two attached hydrogens (primary N) is 1. The van der Waals surface area contributed by atoms with Gasteiger partial charge in [-0.3, -0.25) is 8.37 Å². The van der Waals surface area contributed by atoms with Crippen molar-refractivity contribution in [1.82, 2.24) is 0 Å². The summed E-state index contributed by atoms with van der Waals surface area (Å²) in [4.78, 5) is 0. The van der Waals surface area contributed by atoms with Gasteiger partial charge in [-0.05, 0) is 0 Å². The molecule has 1 saturated heterocycles. The first-order valence-corrected chi connectivity index (χ1v) is 3.25. The van der Waals surface area contributed by atoms with E-state index in [1.165, 1.54) is 0 Å². The molecule has 1 aliphatic rings. The lowest BCUT2D eigenvalue weighted by Gasteiger charge is -1.95. The molecule has 1 fully saturated rings. The largest absolute Gasteiger partial charge is 0.328 e. The second-order valence-electron chi connectivity index (χ2n) is 1.44. The maximum atomic E-state index is 10.2. The van der Waals surface area contributed by atoms with Crippen LogP contribution in [0, 0.1) is 0 Å². The van der Waals surface area contributed by atoms with Crippen molar-refractivity contribution >= 4 is 11.4 Å². The lowest BCUT2D eigenvalue weighted by molar-refractivity contribution is 0.248. The molecule has 2 atom stereocenters. The Kier molecular flexibility index (Phi) is 1.95. The summed E-state index contributed by atoms with van der Waals surface area (Å²) in [5, 5.41) is 0. The normalized spacial score (nSPS) is 38.1. The summed E-state index contributed by atoms with van der Waals surface area (Å²) in [6.45, 7) is 0.717. The van der Waals surface area contributed by atoms with Crippen LogP contribution in [-0.2, 0) is 19.7 Å². The maximum absolute atomic E-state index is 10.2. The van der Waals surface area contributed by atoms with Gasteiger partial charge in [0, 0.05) is 6.54 Å². The first-order chi connectivity index (χ1) is 3.83. The number of hydrogen-bond acceptors (Lipinski definition) is 4. The zero-order valence-electron chi connectivity index (χ0n) is 4.20. The van der Waals surface area contributed by atoms with Crippen LogP contribution in [0.2, 0.25) is 0 Å². The van der Waals surface area contributed by atoms with Crippen molar-refractivity contribution in [2.75, 3.05) is 13.2 Å². The predicted octanol–water partition coefficient (Wildman–Crippen LogP) is -1.06. The quantitative estimate of drug-likeness (QED) is 0.500. The highest BCUT2D eigenvalue weighted by molar-refractivity contribution is 7.75. The molecule has 1 heterocycles. The molecule has 2 unspecified atom stereocenters. The van der Waals surface area contributed by atoms with Crippen molar-refractivity contribution in [1.29, 1.82) is 0 Å². The first-order valence-electron chi connectivity index (χ1n) is 2.25. The van der Waals surface area contributed by atoms with Crippen LogP contribution in [-0.4, -0.2) is 23.5 Å². The van der Waals surface area contributed by atoms with E-state index < -0.39 is 11.4 Å². The van der Waals surface area contributed by atoms with Crippen LogP contribution in [0.15, 0.2) is 0 Å². The Bertz CT molecular complexity index is 107. The molecule has 4 nitrogen and oxygen atoms in total. The van der Waals surface area contributed by atoms with Crippen molar-refractivity contribution < 1.29 is 12.6 Å². The van der Waals surface area contributed by atoms with E-state index in [4.69, 9.17) is 5.73 Å². The van der Waals surface area contributed by atoms with E-state index in [1.54, 1.807) is 0 Å². The molecule has 0 aromatic heterocycles. The molecule has 0 radical (unpaired) electrons. The molecule has 0 aliphatic carbocycles. The van der Waals surface area contributed by atoms with Crippen LogP contribution in [0.5, 0.6) is 0 Å². The minimum Gasteiger partial charge on any atom is -0.328 e. The molecule has 0 bridgehead atoms. The smallest absolute Gasteiger partial charge is 0.305 e. The average Bonchev–Trinajstić information content (AvgIpc) is 2.14. The van der Waals surface area contributed by atoms with Gasteiger partial charge >= 0.3 is 11.4 Å². The fourth-order valence-electron chi connectivity index (χ4n) is 0.405. The topological polar surface area (TPSA) is 61.5 Å². The molecule has 0 saturated carbocycles. The Morgan fingerprint density at radius 2 is 2.62 bits per heavy atom. The highest BCUT2D eigenvalue weighted by Crippen LogP contribution is 2.05. The van der Waals surface area contributed by atoms with Crippen molar-refractivity contribution in [3.05, 3.63) is 0 Å². The lowest BCUT2D eigenvalue weighted by Crippen LogP contribution is -2.21. The van der Waals surface area contributed by atoms with Gasteiger partial charge in [0.2, 0.25) is 0 Å². The molecule has 1 rings (SSSR count). The third kappa shape index (κ3) is 1.25. The molecule has 1 aliphatic heterocycles. The van der Waals surface area contributed by atoms with Crippen LogP contribution in [0.3, 0.4) is 0 Å². The van der Waals surface area contributed by atoms with Gasteiger partial charge < -0.3 is 5.73 Å². The molecule has 0 spiro atoms. The van der Waals surface area contributed by atoms with E-state index in [9.17, 15) is 4.21 Å². The SMILES string of the molecule is NCC1COS(=O)O1. The monoisotopic (exact) mass is 137 g/mol. The van der Waals surface area contributed by atoms with Gasteiger partial charge in [0.15, 0.2) is 0 Å². The molecule has 0 aromatic carbocycles. The summed E-state index contributed by atoms with van der Waals surface area (Å²) in [5.41, 5.74) is 5.16. The van der Waals surface area contributed by atoms with Gasteiger partial charge in [-0.15, -0.1) is 0 Å². The van der Waals surface area contributed by atoms with Crippen molar-refractivity contribution in [3.8, 4) is 0 Å². The van der Waals surface area contributed by atoms with E-state index >= 15 is 0 Å². The third-order valence-electron chi connectivity index (χ3n) is 0.828. The Morgan fingerprint density at radius 3 is 2.88 bits per heavy atom. The van der Waals surface area contributed by atoms with Gasteiger partial charge in [0.05, 0.1) is 6.61 Å². The van der Waals surface area contributed by atoms with E-state index in [1.807, 2.05) is 0 Å². The summed E-state index contributed by atoms with van der Waals surface area (Å²) in [5.74, 6) is 0. The fraction of sp³-hybridized carbons (Fsp3) is 1.00. The molecule has 0 aromatic rings. The van der Waals surface area contributed by atoms with Gasteiger partial charge in [0.1, 0.15) is 6.10 Å². The zero-order valence-corrected chi connectivity index (χ0v) is 5.02. The number of rotatable bonds is 1. The Morgan fingerprint density at radius 1 is 1.88 bits per heavy atom. The average molecular weight is 137 g/mol. The Labute approximate surface area is 49.8 Å². The van der Waals surface area contributed by atoms with E-state index in [2.05, 4.69) is 8.37 Å². The van der Waals surface area contributed by atoms with Crippen LogP contribution >= 0.6 is 0 Å². The molecule has 48 valence electrons. The minimum atomic E-state index is -1.53. The summed E-state index contributed by atoms with van der Waals surface area (Å²) in [6, 6.07) is 0. The third-order valence-corrected chi connectivity index (χ3v) is 1.59. The molecule has 5 heteroatoms. The molecule has 8 heavy (non-hydrogen) atoms. The maximum Gasteiger partial charge on any atom is 0.305 e.